The number of ether oxygens (including phenoxy) is 1. The molecule has 1 amide bonds. The van der Waals surface area contributed by atoms with E-state index in [1.807, 2.05) is 6.92 Å². The summed E-state index contributed by atoms with van der Waals surface area (Å²) in [5.41, 5.74) is 1.47. The van der Waals surface area contributed by atoms with Gasteiger partial charge in [-0.05, 0) is 37.1 Å². The number of hydrogen-bond acceptors (Lipinski definition) is 2. The molecule has 18 heavy (non-hydrogen) atoms. The molecule has 1 unspecified atom stereocenters. The van der Waals surface area contributed by atoms with Crippen molar-refractivity contribution in [2.75, 3.05) is 19.6 Å². The van der Waals surface area contributed by atoms with E-state index in [0.29, 0.717) is 29.5 Å². The number of amides is 1. The van der Waals surface area contributed by atoms with Crippen LogP contribution in [0.2, 0.25) is 5.02 Å². The third-order valence-electron chi connectivity index (χ3n) is 2.61. The summed E-state index contributed by atoms with van der Waals surface area (Å²) in [6, 6.07) is 5.09. The smallest absolute Gasteiger partial charge is 0.251 e. The average Bonchev–Trinajstić information content (AvgIpc) is 2.37. The van der Waals surface area contributed by atoms with Gasteiger partial charge in [0.1, 0.15) is 0 Å². The Morgan fingerprint density at radius 1 is 1.50 bits per heavy atom. The minimum absolute atomic E-state index is 0.0879. The van der Waals surface area contributed by atoms with Crippen molar-refractivity contribution in [3.8, 4) is 0 Å². The van der Waals surface area contributed by atoms with Crippen molar-refractivity contribution >= 4 is 29.1 Å². The molecule has 0 aliphatic carbocycles. The molecule has 1 aromatic rings. The van der Waals surface area contributed by atoms with E-state index in [2.05, 4.69) is 5.32 Å². The summed E-state index contributed by atoms with van der Waals surface area (Å²) in [4.78, 5) is 12.0. The van der Waals surface area contributed by atoms with Crippen LogP contribution in [0, 0.1) is 6.92 Å². The van der Waals surface area contributed by atoms with Gasteiger partial charge in [-0.15, -0.1) is 11.6 Å². The second-order valence-electron chi connectivity index (χ2n) is 4.07. The van der Waals surface area contributed by atoms with Crippen LogP contribution in [0.25, 0.3) is 0 Å². The van der Waals surface area contributed by atoms with Crippen molar-refractivity contribution in [2.24, 2.45) is 0 Å². The molecule has 1 aromatic carbocycles. The Balaban J connectivity index is 2.65. The maximum absolute atomic E-state index is 12.0. The van der Waals surface area contributed by atoms with E-state index >= 15 is 0 Å². The Kier molecular flexibility index (Phi) is 6.47. The van der Waals surface area contributed by atoms with Crippen LogP contribution in [0.4, 0.5) is 0 Å². The lowest BCUT2D eigenvalue weighted by atomic mass is 10.1. The molecule has 1 N–H and O–H groups in total. The summed E-state index contributed by atoms with van der Waals surface area (Å²) in [7, 11) is 1.62. The molecule has 0 aromatic heterocycles. The Labute approximate surface area is 117 Å². The van der Waals surface area contributed by atoms with Gasteiger partial charge < -0.3 is 10.1 Å². The van der Waals surface area contributed by atoms with Gasteiger partial charge in [-0.3, -0.25) is 4.79 Å². The molecule has 3 nitrogen and oxygen atoms in total. The second kappa shape index (κ2) is 7.62. The number of methoxy groups -OCH3 is 1. The Morgan fingerprint density at radius 3 is 2.78 bits per heavy atom. The third kappa shape index (κ3) is 4.48. The molecule has 0 heterocycles. The Bertz CT molecular complexity index is 410. The fourth-order valence-corrected chi connectivity index (χ4v) is 1.85. The molecule has 0 radical (unpaired) electrons. The number of nitrogens with one attached hydrogen (secondary N) is 1. The molecule has 0 aliphatic heterocycles. The predicted octanol–water partition coefficient (Wildman–Crippen LogP) is 3.02. The van der Waals surface area contributed by atoms with Crippen molar-refractivity contribution in [3.63, 3.8) is 0 Å². The topological polar surface area (TPSA) is 38.3 Å². The molecule has 1 atom stereocenters. The summed E-state index contributed by atoms with van der Waals surface area (Å²) in [6.07, 6.45) is 0.693. The molecule has 0 aliphatic rings. The zero-order valence-electron chi connectivity index (χ0n) is 10.5. The lowest BCUT2D eigenvalue weighted by Gasteiger charge is -2.15. The van der Waals surface area contributed by atoms with Gasteiger partial charge in [0.15, 0.2) is 0 Å². The molecule has 100 valence electrons. The number of aryl methyl sites for hydroxylation is 1. The third-order valence-corrected chi connectivity index (χ3v) is 3.41. The van der Waals surface area contributed by atoms with Crippen molar-refractivity contribution in [2.45, 2.75) is 19.4 Å². The van der Waals surface area contributed by atoms with Crippen LogP contribution < -0.4 is 5.32 Å². The highest BCUT2D eigenvalue weighted by Gasteiger charge is 2.13. The van der Waals surface area contributed by atoms with Crippen LogP contribution in [-0.2, 0) is 4.74 Å². The minimum Gasteiger partial charge on any atom is -0.385 e. The van der Waals surface area contributed by atoms with Gasteiger partial charge in [-0.25, -0.2) is 0 Å². The molecule has 1 rings (SSSR count). The van der Waals surface area contributed by atoms with Crippen LogP contribution in [0.5, 0.6) is 0 Å². The first-order valence-corrected chi connectivity index (χ1v) is 6.61. The summed E-state index contributed by atoms with van der Waals surface area (Å²) in [5.74, 6) is 0.221. The number of rotatable bonds is 6. The lowest BCUT2D eigenvalue weighted by molar-refractivity contribution is 0.0930. The SMILES string of the molecule is COCCC(CCl)NC(=O)c1ccc(Cl)c(C)c1. The first-order chi connectivity index (χ1) is 8.58. The Hall–Kier alpha value is -0.770. The first-order valence-electron chi connectivity index (χ1n) is 5.70. The highest BCUT2D eigenvalue weighted by Crippen LogP contribution is 2.16. The normalized spacial score (nSPS) is 12.2. The molecule has 0 bridgehead atoms. The standard InChI is InChI=1S/C13H17Cl2NO2/c1-9-7-10(3-4-12(9)15)13(17)16-11(8-14)5-6-18-2/h3-4,7,11H,5-6,8H2,1-2H3,(H,16,17). The maximum Gasteiger partial charge on any atom is 0.251 e. The van der Waals surface area contributed by atoms with E-state index in [9.17, 15) is 4.79 Å². The van der Waals surface area contributed by atoms with Gasteiger partial charge in [0.05, 0.1) is 0 Å². The molecule has 0 saturated carbocycles. The molecule has 0 spiro atoms. The highest BCUT2D eigenvalue weighted by atomic mass is 35.5. The molecular weight excluding hydrogens is 273 g/mol. The zero-order valence-corrected chi connectivity index (χ0v) is 12.0. The van der Waals surface area contributed by atoms with E-state index in [-0.39, 0.29) is 11.9 Å². The van der Waals surface area contributed by atoms with Crippen LogP contribution in [0.3, 0.4) is 0 Å². The fourth-order valence-electron chi connectivity index (χ4n) is 1.50. The van der Waals surface area contributed by atoms with Gasteiger partial charge >= 0.3 is 0 Å². The largest absolute Gasteiger partial charge is 0.385 e. The summed E-state index contributed by atoms with van der Waals surface area (Å²) >= 11 is 11.7. The van der Waals surface area contributed by atoms with Gasteiger partial charge in [-0.2, -0.15) is 0 Å². The van der Waals surface area contributed by atoms with Crippen LogP contribution >= 0.6 is 23.2 Å². The van der Waals surface area contributed by atoms with Crippen LogP contribution in [0.1, 0.15) is 22.3 Å². The van der Waals surface area contributed by atoms with Crippen LogP contribution in [-0.4, -0.2) is 31.5 Å². The van der Waals surface area contributed by atoms with Crippen molar-refractivity contribution in [1.82, 2.24) is 5.32 Å². The number of hydrogen-bond donors (Lipinski definition) is 1. The number of carbonyl (C=O) groups excluding carboxylic acids is 1. The molecule has 0 fully saturated rings. The van der Waals surface area contributed by atoms with E-state index in [0.717, 1.165) is 5.56 Å². The van der Waals surface area contributed by atoms with Crippen LogP contribution in [0.15, 0.2) is 18.2 Å². The second-order valence-corrected chi connectivity index (χ2v) is 4.79. The maximum atomic E-state index is 12.0. The first kappa shape index (κ1) is 15.3. The molecular formula is C13H17Cl2NO2. The number of carbonyl (C=O) groups is 1. The average molecular weight is 290 g/mol. The predicted molar refractivity (Wildman–Crippen MR) is 74.7 cm³/mol. The highest BCUT2D eigenvalue weighted by molar-refractivity contribution is 6.31. The fraction of sp³-hybridized carbons (Fsp3) is 0.462. The molecule has 0 saturated heterocycles. The monoisotopic (exact) mass is 289 g/mol. The number of alkyl halides is 1. The van der Waals surface area contributed by atoms with Crippen molar-refractivity contribution < 1.29 is 9.53 Å². The van der Waals surface area contributed by atoms with E-state index < -0.39 is 0 Å². The van der Waals surface area contributed by atoms with Gasteiger partial charge in [0.2, 0.25) is 0 Å². The Morgan fingerprint density at radius 2 is 2.22 bits per heavy atom. The van der Waals surface area contributed by atoms with Gasteiger partial charge in [0, 0.05) is 36.2 Å². The van der Waals surface area contributed by atoms with E-state index in [1.165, 1.54) is 0 Å². The number of halogens is 2. The van der Waals surface area contributed by atoms with Gasteiger partial charge in [0.25, 0.3) is 5.91 Å². The van der Waals surface area contributed by atoms with E-state index in [4.69, 9.17) is 27.9 Å². The zero-order chi connectivity index (χ0) is 13.5. The lowest BCUT2D eigenvalue weighted by Crippen LogP contribution is -2.37. The summed E-state index contributed by atoms with van der Waals surface area (Å²) in [6.45, 7) is 2.43. The van der Waals surface area contributed by atoms with Crippen molar-refractivity contribution in [3.05, 3.63) is 34.3 Å². The van der Waals surface area contributed by atoms with Gasteiger partial charge in [-0.1, -0.05) is 11.6 Å². The van der Waals surface area contributed by atoms with E-state index in [1.54, 1.807) is 25.3 Å². The van der Waals surface area contributed by atoms with Crippen molar-refractivity contribution in [1.29, 1.82) is 0 Å². The minimum atomic E-state index is -0.142. The molecule has 5 heteroatoms. The summed E-state index contributed by atoms with van der Waals surface area (Å²) < 4.78 is 4.97. The summed E-state index contributed by atoms with van der Waals surface area (Å²) in [5, 5.41) is 3.52. The number of benzene rings is 1. The quantitative estimate of drug-likeness (QED) is 0.818.